The Morgan fingerprint density at radius 2 is 1.88 bits per heavy atom. The Morgan fingerprint density at radius 3 is 2.70 bits per heavy atom. The van der Waals surface area contributed by atoms with Gasteiger partial charge in [0.15, 0.2) is 0 Å². The third-order valence-electron chi connectivity index (χ3n) is 5.78. The number of carbonyl (C=O) groups is 1. The van der Waals surface area contributed by atoms with Crippen molar-refractivity contribution in [1.82, 2.24) is 14.6 Å². The lowest BCUT2D eigenvalue weighted by atomic mass is 9.90. The summed E-state index contributed by atoms with van der Waals surface area (Å²) in [6.07, 6.45) is 5.96. The fourth-order valence-corrected chi connectivity index (χ4v) is 5.17. The summed E-state index contributed by atoms with van der Waals surface area (Å²) in [4.78, 5) is 30.2. The number of carbonyl (C=O) groups excluding carboxylic acids is 1. The minimum absolute atomic E-state index is 0.151. The first-order valence-corrected chi connectivity index (χ1v) is 12.0. The molecule has 1 fully saturated rings. The van der Waals surface area contributed by atoms with Gasteiger partial charge in [0.2, 0.25) is 4.96 Å². The molecule has 0 unspecified atom stereocenters. The first kappa shape index (κ1) is 21.3. The van der Waals surface area contributed by atoms with E-state index in [-0.39, 0.29) is 18.1 Å². The van der Waals surface area contributed by atoms with Gasteiger partial charge in [-0.15, -0.1) is 0 Å². The molecule has 1 amide bonds. The van der Waals surface area contributed by atoms with E-state index < -0.39 is 0 Å². The van der Waals surface area contributed by atoms with Gasteiger partial charge in [-0.05, 0) is 37.1 Å². The van der Waals surface area contributed by atoms with Gasteiger partial charge >= 0.3 is 0 Å². The van der Waals surface area contributed by atoms with Crippen molar-refractivity contribution in [3.8, 4) is 5.75 Å². The number of rotatable bonds is 6. The van der Waals surface area contributed by atoms with Gasteiger partial charge in [-0.3, -0.25) is 9.59 Å². The summed E-state index contributed by atoms with van der Waals surface area (Å²) in [6.45, 7) is 0.151. The molecule has 7 nitrogen and oxygen atoms in total. The molecular weight excluding hydrogens is 436 g/mol. The smallest absolute Gasteiger partial charge is 0.275 e. The van der Waals surface area contributed by atoms with Crippen LogP contribution in [0, 0.1) is 0 Å². The van der Waals surface area contributed by atoms with Crippen molar-refractivity contribution >= 4 is 27.9 Å². The van der Waals surface area contributed by atoms with Crippen molar-refractivity contribution < 1.29 is 9.53 Å². The number of anilines is 1. The molecule has 168 valence electrons. The molecule has 4 aromatic rings. The van der Waals surface area contributed by atoms with E-state index in [1.54, 1.807) is 36.4 Å². The number of aromatic nitrogens is 3. The van der Waals surface area contributed by atoms with Crippen molar-refractivity contribution in [3.05, 3.63) is 87.3 Å². The van der Waals surface area contributed by atoms with Gasteiger partial charge in [-0.25, -0.2) is 4.98 Å². The molecule has 1 saturated carbocycles. The molecule has 1 aliphatic rings. The summed E-state index contributed by atoms with van der Waals surface area (Å²) in [7, 11) is 0. The molecule has 0 aliphatic heterocycles. The van der Waals surface area contributed by atoms with E-state index in [0.29, 0.717) is 33.6 Å². The van der Waals surface area contributed by atoms with E-state index in [2.05, 4.69) is 15.4 Å². The molecule has 2 aromatic carbocycles. The summed E-state index contributed by atoms with van der Waals surface area (Å²) >= 11 is 1.50. The van der Waals surface area contributed by atoms with Crippen molar-refractivity contribution in [1.29, 1.82) is 0 Å². The fraction of sp³-hybridized carbons (Fsp3) is 0.280. The number of benzene rings is 2. The summed E-state index contributed by atoms with van der Waals surface area (Å²) in [5, 5.41) is 8.41. The van der Waals surface area contributed by atoms with E-state index >= 15 is 0 Å². The van der Waals surface area contributed by atoms with E-state index in [4.69, 9.17) is 4.74 Å². The molecule has 2 heterocycles. The van der Waals surface area contributed by atoms with Gasteiger partial charge in [0.1, 0.15) is 17.4 Å². The second-order valence-electron chi connectivity index (χ2n) is 8.19. The van der Waals surface area contributed by atoms with Crippen LogP contribution in [-0.4, -0.2) is 20.5 Å². The zero-order valence-electron chi connectivity index (χ0n) is 18.1. The van der Waals surface area contributed by atoms with Crippen molar-refractivity contribution in [2.45, 2.75) is 44.6 Å². The zero-order chi connectivity index (χ0) is 22.6. The number of nitrogens with one attached hydrogen (secondary N) is 1. The van der Waals surface area contributed by atoms with Crippen LogP contribution in [0.4, 0.5) is 5.69 Å². The molecule has 0 saturated heterocycles. The Labute approximate surface area is 195 Å². The Morgan fingerprint density at radius 1 is 1.06 bits per heavy atom. The maximum absolute atomic E-state index is 12.6. The number of amides is 1. The minimum Gasteiger partial charge on any atom is -0.487 e. The van der Waals surface area contributed by atoms with Crippen LogP contribution in [0.1, 0.15) is 59.1 Å². The zero-order valence-corrected chi connectivity index (χ0v) is 18.9. The lowest BCUT2D eigenvalue weighted by molar-refractivity contribution is 0.102. The third-order valence-corrected chi connectivity index (χ3v) is 6.85. The van der Waals surface area contributed by atoms with E-state index in [1.165, 1.54) is 41.2 Å². The molecule has 0 bridgehead atoms. The largest absolute Gasteiger partial charge is 0.487 e. The van der Waals surface area contributed by atoms with E-state index in [1.807, 2.05) is 18.2 Å². The van der Waals surface area contributed by atoms with Crippen molar-refractivity contribution in [2.75, 3.05) is 5.32 Å². The van der Waals surface area contributed by atoms with Gasteiger partial charge in [0.25, 0.3) is 11.5 Å². The fourth-order valence-electron chi connectivity index (χ4n) is 4.07. The van der Waals surface area contributed by atoms with E-state index in [0.717, 1.165) is 17.8 Å². The molecule has 0 spiro atoms. The average molecular weight is 461 g/mol. The molecular formula is C25H24N4O3S. The summed E-state index contributed by atoms with van der Waals surface area (Å²) < 4.78 is 7.27. The lowest BCUT2D eigenvalue weighted by Gasteiger charge is -2.18. The van der Waals surface area contributed by atoms with Gasteiger partial charge in [-0.2, -0.15) is 9.61 Å². The predicted molar refractivity (Wildman–Crippen MR) is 128 cm³/mol. The Kier molecular flexibility index (Phi) is 6.17. The minimum atomic E-state index is -0.194. The lowest BCUT2D eigenvalue weighted by Crippen LogP contribution is -2.17. The predicted octanol–water partition coefficient (Wildman–Crippen LogP) is 5.03. The highest BCUT2D eigenvalue weighted by atomic mass is 32.1. The number of nitrogens with zero attached hydrogens (tertiary/aromatic N) is 3. The summed E-state index contributed by atoms with van der Waals surface area (Å²) in [6, 6.07) is 17.7. The Balaban J connectivity index is 1.28. The normalized spacial score (nSPS) is 14.3. The second-order valence-corrected chi connectivity index (χ2v) is 9.18. The van der Waals surface area contributed by atoms with Crippen LogP contribution >= 0.6 is 11.3 Å². The molecule has 33 heavy (non-hydrogen) atoms. The quantitative estimate of drug-likeness (QED) is 0.436. The highest BCUT2D eigenvalue weighted by molar-refractivity contribution is 7.16. The number of ether oxygens (including phenoxy) is 1. The summed E-state index contributed by atoms with van der Waals surface area (Å²) in [5.41, 5.74) is 1.57. The first-order valence-electron chi connectivity index (χ1n) is 11.1. The standard InChI is InChI=1S/C25H24N4O3S/c30-22-15-20(27-25-29(22)28-24(33-25)18-10-5-2-6-11-18)16-32-21-13-7-12-19(14-21)26-23(31)17-8-3-1-4-9-17/h1,3-4,7-9,12-15,18H,2,5-6,10-11,16H2,(H,26,31). The maximum Gasteiger partial charge on any atom is 0.275 e. The third kappa shape index (κ3) is 4.96. The molecule has 1 aliphatic carbocycles. The summed E-state index contributed by atoms with van der Waals surface area (Å²) in [5.74, 6) is 0.820. The molecule has 1 N–H and O–H groups in total. The van der Waals surface area contributed by atoms with Crippen LogP contribution in [0.5, 0.6) is 5.75 Å². The second kappa shape index (κ2) is 9.54. The topological polar surface area (TPSA) is 85.6 Å². The molecule has 0 atom stereocenters. The van der Waals surface area contributed by atoms with Crippen LogP contribution in [0.15, 0.2) is 65.5 Å². The van der Waals surface area contributed by atoms with Crippen LogP contribution in [0.25, 0.3) is 4.96 Å². The van der Waals surface area contributed by atoms with Crippen molar-refractivity contribution in [3.63, 3.8) is 0 Å². The maximum atomic E-state index is 12.6. The van der Waals surface area contributed by atoms with Crippen LogP contribution in [-0.2, 0) is 6.61 Å². The van der Waals surface area contributed by atoms with Crippen LogP contribution in [0.3, 0.4) is 0 Å². The SMILES string of the molecule is O=C(Nc1cccc(OCc2cc(=O)n3nc(C4CCCCC4)sc3n2)c1)c1ccccc1. The average Bonchev–Trinajstić information content (AvgIpc) is 3.29. The molecule has 2 aromatic heterocycles. The van der Waals surface area contributed by atoms with Crippen LogP contribution in [0.2, 0.25) is 0 Å². The highest BCUT2D eigenvalue weighted by Crippen LogP contribution is 2.34. The van der Waals surface area contributed by atoms with Gasteiger partial charge in [0.05, 0.1) is 5.69 Å². The van der Waals surface area contributed by atoms with Crippen LogP contribution < -0.4 is 15.6 Å². The van der Waals surface area contributed by atoms with Gasteiger partial charge in [-0.1, -0.05) is 54.9 Å². The Hall–Kier alpha value is -3.52. The number of hydrogen-bond acceptors (Lipinski definition) is 6. The number of hydrogen-bond donors (Lipinski definition) is 1. The number of fused-ring (bicyclic) bond motifs is 1. The monoisotopic (exact) mass is 460 g/mol. The highest BCUT2D eigenvalue weighted by Gasteiger charge is 2.20. The molecule has 8 heteroatoms. The van der Waals surface area contributed by atoms with Gasteiger partial charge < -0.3 is 10.1 Å². The molecule has 0 radical (unpaired) electrons. The first-order chi connectivity index (χ1) is 16.2. The van der Waals surface area contributed by atoms with Gasteiger partial charge in [0, 0.05) is 29.3 Å². The van der Waals surface area contributed by atoms with Crippen molar-refractivity contribution in [2.24, 2.45) is 0 Å². The van der Waals surface area contributed by atoms with E-state index in [9.17, 15) is 9.59 Å². The molecule has 5 rings (SSSR count). The Bertz CT molecular complexity index is 1330.